The SMILES string of the molecule is Cc1nc(-c2cccs2)ccc1C(=O)Nc1ccccc1-n1ncc2c(=O)[nH]cnc21. The third kappa shape index (κ3) is 3.40. The van der Waals surface area contributed by atoms with Gasteiger partial charge in [0.1, 0.15) is 5.39 Å². The van der Waals surface area contributed by atoms with Crippen molar-refractivity contribution in [1.29, 1.82) is 0 Å². The number of nitrogens with zero attached hydrogens (tertiary/aromatic N) is 4. The van der Waals surface area contributed by atoms with Crippen LogP contribution in [0.4, 0.5) is 5.69 Å². The number of hydrogen-bond acceptors (Lipinski definition) is 6. The maximum absolute atomic E-state index is 13.0. The monoisotopic (exact) mass is 428 g/mol. The first-order valence-electron chi connectivity index (χ1n) is 9.45. The summed E-state index contributed by atoms with van der Waals surface area (Å²) >= 11 is 1.60. The number of pyridine rings is 1. The maximum Gasteiger partial charge on any atom is 0.261 e. The predicted molar refractivity (Wildman–Crippen MR) is 120 cm³/mol. The molecule has 8 nitrogen and oxygen atoms in total. The number of aromatic amines is 1. The molecule has 0 atom stereocenters. The molecule has 0 unspecified atom stereocenters. The summed E-state index contributed by atoms with van der Waals surface area (Å²) < 4.78 is 1.53. The van der Waals surface area contributed by atoms with E-state index in [1.807, 2.05) is 42.6 Å². The Morgan fingerprint density at radius 1 is 1.13 bits per heavy atom. The minimum atomic E-state index is -0.280. The van der Waals surface area contributed by atoms with Crippen LogP contribution < -0.4 is 10.9 Å². The van der Waals surface area contributed by atoms with Crippen LogP contribution in [-0.2, 0) is 0 Å². The highest BCUT2D eigenvalue weighted by molar-refractivity contribution is 7.13. The van der Waals surface area contributed by atoms with E-state index in [1.54, 1.807) is 29.5 Å². The second kappa shape index (κ2) is 7.62. The van der Waals surface area contributed by atoms with Crippen molar-refractivity contribution in [2.75, 3.05) is 5.32 Å². The normalized spacial score (nSPS) is 11.0. The lowest BCUT2D eigenvalue weighted by Gasteiger charge is -2.13. The van der Waals surface area contributed by atoms with E-state index in [0.29, 0.717) is 33.7 Å². The molecule has 5 aromatic rings. The van der Waals surface area contributed by atoms with Crippen molar-refractivity contribution in [2.45, 2.75) is 6.92 Å². The number of carbonyl (C=O) groups is 1. The van der Waals surface area contributed by atoms with Crippen LogP contribution in [0, 0.1) is 6.92 Å². The average molecular weight is 428 g/mol. The number of H-pyrrole nitrogens is 1. The van der Waals surface area contributed by atoms with E-state index < -0.39 is 0 Å². The molecular formula is C22H16N6O2S. The minimum absolute atomic E-state index is 0.273. The Balaban J connectivity index is 1.49. The van der Waals surface area contributed by atoms with Crippen molar-refractivity contribution in [3.8, 4) is 16.3 Å². The van der Waals surface area contributed by atoms with Crippen LogP contribution >= 0.6 is 11.3 Å². The van der Waals surface area contributed by atoms with Crippen molar-refractivity contribution in [2.24, 2.45) is 0 Å². The number of aryl methyl sites for hydroxylation is 1. The molecule has 9 heteroatoms. The van der Waals surface area contributed by atoms with E-state index >= 15 is 0 Å². The average Bonchev–Trinajstić information content (AvgIpc) is 3.45. The number of aromatic nitrogens is 5. The summed E-state index contributed by atoms with van der Waals surface area (Å²) in [6, 6.07) is 14.8. The van der Waals surface area contributed by atoms with Crippen molar-refractivity contribution >= 4 is 34.0 Å². The smallest absolute Gasteiger partial charge is 0.261 e. The van der Waals surface area contributed by atoms with Gasteiger partial charge < -0.3 is 10.3 Å². The summed E-state index contributed by atoms with van der Waals surface area (Å²) in [6.45, 7) is 1.81. The molecule has 0 bridgehead atoms. The van der Waals surface area contributed by atoms with Gasteiger partial charge in [-0.1, -0.05) is 18.2 Å². The van der Waals surface area contributed by atoms with E-state index in [4.69, 9.17) is 0 Å². The first kappa shape index (κ1) is 18.9. The highest BCUT2D eigenvalue weighted by Gasteiger charge is 2.16. The molecule has 0 spiro atoms. The summed E-state index contributed by atoms with van der Waals surface area (Å²) in [5.74, 6) is -0.280. The molecule has 0 aliphatic heterocycles. The van der Waals surface area contributed by atoms with Crippen LogP contribution in [0.5, 0.6) is 0 Å². The van der Waals surface area contributed by atoms with Gasteiger partial charge in [-0.15, -0.1) is 11.3 Å². The van der Waals surface area contributed by atoms with E-state index in [0.717, 1.165) is 10.6 Å². The quantitative estimate of drug-likeness (QED) is 0.453. The largest absolute Gasteiger partial charge is 0.320 e. The zero-order valence-corrected chi connectivity index (χ0v) is 17.2. The second-order valence-electron chi connectivity index (χ2n) is 6.80. The molecule has 0 aliphatic rings. The minimum Gasteiger partial charge on any atom is -0.320 e. The number of thiophene rings is 1. The molecule has 1 amide bonds. The van der Waals surface area contributed by atoms with Crippen LogP contribution in [-0.4, -0.2) is 30.6 Å². The third-order valence-corrected chi connectivity index (χ3v) is 5.75. The van der Waals surface area contributed by atoms with Gasteiger partial charge in [-0.25, -0.2) is 9.67 Å². The molecule has 0 aliphatic carbocycles. The van der Waals surface area contributed by atoms with Crippen LogP contribution in [0.25, 0.3) is 27.3 Å². The van der Waals surface area contributed by atoms with Gasteiger partial charge in [0.05, 0.1) is 45.7 Å². The van der Waals surface area contributed by atoms with E-state index in [1.165, 1.54) is 17.2 Å². The number of fused-ring (bicyclic) bond motifs is 1. The Bertz CT molecular complexity index is 1470. The number of hydrogen-bond donors (Lipinski definition) is 2. The molecule has 2 N–H and O–H groups in total. The molecule has 31 heavy (non-hydrogen) atoms. The number of anilines is 1. The topological polar surface area (TPSA) is 106 Å². The number of carbonyl (C=O) groups excluding carboxylic acids is 1. The zero-order valence-electron chi connectivity index (χ0n) is 16.4. The number of benzene rings is 1. The fraction of sp³-hybridized carbons (Fsp3) is 0.0455. The van der Waals surface area contributed by atoms with Gasteiger partial charge in [0.2, 0.25) is 0 Å². The van der Waals surface area contributed by atoms with Gasteiger partial charge in [-0.2, -0.15) is 5.10 Å². The number of rotatable bonds is 4. The predicted octanol–water partition coefficient (Wildman–Crippen LogP) is 3.79. The third-order valence-electron chi connectivity index (χ3n) is 4.86. The Hall–Kier alpha value is -4.11. The van der Waals surface area contributed by atoms with E-state index in [2.05, 4.69) is 25.4 Å². The van der Waals surface area contributed by atoms with E-state index in [9.17, 15) is 9.59 Å². The summed E-state index contributed by atoms with van der Waals surface area (Å²) in [5, 5.41) is 9.60. The van der Waals surface area contributed by atoms with Gasteiger partial charge in [-0.3, -0.25) is 14.6 Å². The van der Waals surface area contributed by atoms with Crippen LogP contribution in [0.3, 0.4) is 0 Å². The summed E-state index contributed by atoms with van der Waals surface area (Å²) in [7, 11) is 0. The van der Waals surface area contributed by atoms with Crippen LogP contribution in [0.2, 0.25) is 0 Å². The van der Waals surface area contributed by atoms with Crippen LogP contribution in [0.1, 0.15) is 16.1 Å². The Kier molecular flexibility index (Phi) is 4.64. The lowest BCUT2D eigenvalue weighted by molar-refractivity contribution is 0.102. The summed E-state index contributed by atoms with van der Waals surface area (Å²) in [6.07, 6.45) is 2.78. The Morgan fingerprint density at radius 3 is 2.81 bits per heavy atom. The van der Waals surface area contributed by atoms with Crippen molar-refractivity contribution in [3.63, 3.8) is 0 Å². The van der Waals surface area contributed by atoms with Crippen molar-refractivity contribution < 1.29 is 4.79 Å². The first-order valence-corrected chi connectivity index (χ1v) is 10.3. The van der Waals surface area contributed by atoms with E-state index in [-0.39, 0.29) is 11.5 Å². The van der Waals surface area contributed by atoms with Crippen molar-refractivity contribution in [3.05, 3.63) is 88.0 Å². The van der Waals surface area contributed by atoms with Gasteiger partial charge >= 0.3 is 0 Å². The lowest BCUT2D eigenvalue weighted by atomic mass is 10.1. The Labute approximate surface area is 180 Å². The highest BCUT2D eigenvalue weighted by Crippen LogP contribution is 2.26. The highest BCUT2D eigenvalue weighted by atomic mass is 32.1. The molecule has 4 heterocycles. The van der Waals surface area contributed by atoms with Crippen LogP contribution in [0.15, 0.2) is 71.2 Å². The lowest BCUT2D eigenvalue weighted by Crippen LogP contribution is -2.16. The number of nitrogens with one attached hydrogen (secondary N) is 2. The fourth-order valence-corrected chi connectivity index (χ4v) is 4.04. The van der Waals surface area contributed by atoms with Crippen molar-refractivity contribution in [1.82, 2.24) is 24.7 Å². The van der Waals surface area contributed by atoms with Gasteiger partial charge in [0, 0.05) is 0 Å². The molecule has 5 rings (SSSR count). The number of para-hydroxylation sites is 2. The molecule has 0 saturated carbocycles. The maximum atomic E-state index is 13.0. The Morgan fingerprint density at radius 2 is 2.00 bits per heavy atom. The standard InChI is InChI=1S/C22H16N6O2S/c1-13-14(8-9-17(26-13)19-7-4-10-31-19)22(30)27-16-5-2-3-6-18(16)28-20-15(11-25-28)21(29)24-12-23-20/h2-12H,1H3,(H,27,30)(H,23,24,29). The molecule has 152 valence electrons. The van der Waals surface area contributed by atoms with Gasteiger partial charge in [-0.05, 0) is 42.6 Å². The molecule has 4 aromatic heterocycles. The van der Waals surface area contributed by atoms with Gasteiger partial charge in [0.25, 0.3) is 11.5 Å². The molecule has 0 saturated heterocycles. The first-order chi connectivity index (χ1) is 15.1. The molecule has 1 aromatic carbocycles. The molecule has 0 fully saturated rings. The summed E-state index contributed by atoms with van der Waals surface area (Å²) in [5.41, 5.74) is 3.23. The van der Waals surface area contributed by atoms with Gasteiger partial charge in [0.15, 0.2) is 5.65 Å². The fourth-order valence-electron chi connectivity index (χ4n) is 3.35. The molecule has 0 radical (unpaired) electrons. The summed E-state index contributed by atoms with van der Waals surface area (Å²) in [4.78, 5) is 37.4. The second-order valence-corrected chi connectivity index (χ2v) is 7.75. The zero-order chi connectivity index (χ0) is 21.4. The molecular weight excluding hydrogens is 412 g/mol. The number of amides is 1.